The molecule has 0 aromatic heterocycles. The molecule has 2 aliphatic carbocycles. The Bertz CT molecular complexity index is 256. The molecule has 4 unspecified atom stereocenters. The molecule has 0 aromatic carbocycles. The van der Waals surface area contributed by atoms with Crippen molar-refractivity contribution in [2.45, 2.75) is 59.3 Å². The van der Waals surface area contributed by atoms with Crippen molar-refractivity contribution in [2.75, 3.05) is 0 Å². The molecule has 2 aliphatic rings. The van der Waals surface area contributed by atoms with Gasteiger partial charge in [0, 0.05) is 5.92 Å². The van der Waals surface area contributed by atoms with Gasteiger partial charge < -0.3 is 4.79 Å². The quantitative estimate of drug-likeness (QED) is 0.658. The minimum absolute atomic E-state index is 0.274. The molecule has 2 saturated carbocycles. The standard InChI is InChI=1S/C15H26O/c1-11(10-16)8-12-4-5-14-13(9-12)6-7-15(14,2)3/h10-14H,4-9H2,1-3H3. The van der Waals surface area contributed by atoms with Crippen molar-refractivity contribution in [3.05, 3.63) is 0 Å². The summed E-state index contributed by atoms with van der Waals surface area (Å²) >= 11 is 0. The molecule has 92 valence electrons. The lowest BCUT2D eigenvalue weighted by molar-refractivity contribution is -0.111. The molecule has 0 bridgehead atoms. The zero-order valence-electron chi connectivity index (χ0n) is 11.0. The monoisotopic (exact) mass is 222 g/mol. The summed E-state index contributed by atoms with van der Waals surface area (Å²) in [6.45, 7) is 6.97. The third kappa shape index (κ3) is 2.33. The Morgan fingerprint density at radius 2 is 2.06 bits per heavy atom. The second kappa shape index (κ2) is 4.50. The van der Waals surface area contributed by atoms with Gasteiger partial charge in [-0.25, -0.2) is 0 Å². The molecule has 0 radical (unpaired) electrons. The normalized spacial score (nSPS) is 39.1. The fourth-order valence-corrected chi connectivity index (χ4v) is 4.25. The van der Waals surface area contributed by atoms with Gasteiger partial charge in [-0.05, 0) is 55.3 Å². The average Bonchev–Trinajstić information content (AvgIpc) is 2.54. The highest BCUT2D eigenvalue weighted by atomic mass is 16.1. The summed E-state index contributed by atoms with van der Waals surface area (Å²) in [5.41, 5.74) is 0.589. The molecule has 1 heteroatoms. The fourth-order valence-electron chi connectivity index (χ4n) is 4.25. The zero-order chi connectivity index (χ0) is 11.8. The van der Waals surface area contributed by atoms with Gasteiger partial charge in [0.2, 0.25) is 0 Å². The van der Waals surface area contributed by atoms with E-state index < -0.39 is 0 Å². The van der Waals surface area contributed by atoms with Gasteiger partial charge in [-0.1, -0.05) is 27.2 Å². The van der Waals surface area contributed by atoms with E-state index in [0.29, 0.717) is 5.41 Å². The predicted molar refractivity (Wildman–Crippen MR) is 67.2 cm³/mol. The van der Waals surface area contributed by atoms with Crippen LogP contribution in [-0.2, 0) is 4.79 Å². The lowest BCUT2D eigenvalue weighted by atomic mass is 9.67. The van der Waals surface area contributed by atoms with Gasteiger partial charge in [-0.2, -0.15) is 0 Å². The number of carbonyl (C=O) groups excluding carboxylic acids is 1. The summed E-state index contributed by atoms with van der Waals surface area (Å²) in [4.78, 5) is 10.7. The van der Waals surface area contributed by atoms with Gasteiger partial charge in [0.05, 0.1) is 0 Å². The molecule has 0 spiro atoms. The lowest BCUT2D eigenvalue weighted by Gasteiger charge is -2.38. The van der Waals surface area contributed by atoms with Crippen LogP contribution in [0.3, 0.4) is 0 Å². The molecule has 4 atom stereocenters. The van der Waals surface area contributed by atoms with Crippen molar-refractivity contribution in [3.63, 3.8) is 0 Å². The second-order valence-corrected chi connectivity index (χ2v) is 6.92. The maximum Gasteiger partial charge on any atom is 0.122 e. The Labute approximate surface area is 100.0 Å². The number of hydrogen-bond acceptors (Lipinski definition) is 1. The van der Waals surface area contributed by atoms with Crippen LogP contribution in [0.25, 0.3) is 0 Å². The van der Waals surface area contributed by atoms with E-state index in [0.717, 1.165) is 30.5 Å². The first kappa shape index (κ1) is 12.1. The summed E-state index contributed by atoms with van der Waals surface area (Å²) in [6, 6.07) is 0. The molecule has 2 fully saturated rings. The molecule has 0 N–H and O–H groups in total. The van der Waals surface area contributed by atoms with Gasteiger partial charge in [0.15, 0.2) is 0 Å². The Morgan fingerprint density at radius 1 is 1.31 bits per heavy atom. The number of aldehydes is 1. The number of fused-ring (bicyclic) bond motifs is 1. The number of hydrogen-bond donors (Lipinski definition) is 0. The summed E-state index contributed by atoms with van der Waals surface area (Å²) in [5, 5.41) is 0. The SMILES string of the molecule is CC(C=O)CC1CCC2C(CCC2(C)C)C1. The highest BCUT2D eigenvalue weighted by molar-refractivity contribution is 5.52. The first-order valence-corrected chi connectivity index (χ1v) is 6.98. The van der Waals surface area contributed by atoms with E-state index in [2.05, 4.69) is 20.8 Å². The minimum atomic E-state index is 0.274. The Morgan fingerprint density at radius 3 is 2.75 bits per heavy atom. The molecule has 2 rings (SSSR count). The van der Waals surface area contributed by atoms with E-state index in [1.807, 2.05) is 0 Å². The van der Waals surface area contributed by atoms with Crippen LogP contribution < -0.4 is 0 Å². The van der Waals surface area contributed by atoms with Crippen LogP contribution in [0.5, 0.6) is 0 Å². The van der Waals surface area contributed by atoms with Gasteiger partial charge >= 0.3 is 0 Å². The van der Waals surface area contributed by atoms with E-state index in [1.165, 1.54) is 32.1 Å². The van der Waals surface area contributed by atoms with Gasteiger partial charge in [-0.3, -0.25) is 0 Å². The molecule has 16 heavy (non-hydrogen) atoms. The van der Waals surface area contributed by atoms with Crippen molar-refractivity contribution in [2.24, 2.45) is 29.1 Å². The van der Waals surface area contributed by atoms with E-state index in [1.54, 1.807) is 0 Å². The van der Waals surface area contributed by atoms with Gasteiger partial charge in [0.1, 0.15) is 6.29 Å². The number of rotatable bonds is 3. The number of carbonyl (C=O) groups is 1. The predicted octanol–water partition coefficient (Wildman–Crippen LogP) is 4.06. The van der Waals surface area contributed by atoms with Crippen LogP contribution in [-0.4, -0.2) is 6.29 Å². The Hall–Kier alpha value is -0.330. The highest BCUT2D eigenvalue weighted by Crippen LogP contribution is 2.54. The zero-order valence-corrected chi connectivity index (χ0v) is 11.0. The largest absolute Gasteiger partial charge is 0.303 e. The Balaban J connectivity index is 1.90. The minimum Gasteiger partial charge on any atom is -0.303 e. The second-order valence-electron chi connectivity index (χ2n) is 6.92. The van der Waals surface area contributed by atoms with E-state index in [4.69, 9.17) is 0 Å². The van der Waals surface area contributed by atoms with Gasteiger partial charge in [-0.15, -0.1) is 0 Å². The highest BCUT2D eigenvalue weighted by Gasteiger charge is 2.44. The van der Waals surface area contributed by atoms with E-state index in [-0.39, 0.29) is 5.92 Å². The molecule has 0 amide bonds. The molecule has 0 aromatic rings. The molecular weight excluding hydrogens is 196 g/mol. The molecule has 1 nitrogen and oxygen atoms in total. The topological polar surface area (TPSA) is 17.1 Å². The van der Waals surface area contributed by atoms with Crippen LogP contribution in [0.4, 0.5) is 0 Å². The van der Waals surface area contributed by atoms with Crippen LogP contribution in [0.2, 0.25) is 0 Å². The summed E-state index contributed by atoms with van der Waals surface area (Å²) in [5.74, 6) is 3.04. The van der Waals surface area contributed by atoms with Crippen molar-refractivity contribution < 1.29 is 4.79 Å². The molecule has 0 aliphatic heterocycles. The average molecular weight is 222 g/mol. The third-order valence-electron chi connectivity index (χ3n) is 5.19. The summed E-state index contributed by atoms with van der Waals surface area (Å²) < 4.78 is 0. The van der Waals surface area contributed by atoms with Crippen molar-refractivity contribution in [3.8, 4) is 0 Å². The van der Waals surface area contributed by atoms with E-state index in [9.17, 15) is 4.79 Å². The summed E-state index contributed by atoms with van der Waals surface area (Å²) in [7, 11) is 0. The van der Waals surface area contributed by atoms with Crippen molar-refractivity contribution in [1.29, 1.82) is 0 Å². The van der Waals surface area contributed by atoms with Crippen LogP contribution in [0.1, 0.15) is 59.3 Å². The first-order chi connectivity index (χ1) is 7.53. The fraction of sp³-hybridized carbons (Fsp3) is 0.933. The Kier molecular flexibility index (Phi) is 3.42. The van der Waals surface area contributed by atoms with Gasteiger partial charge in [0.25, 0.3) is 0 Å². The van der Waals surface area contributed by atoms with E-state index >= 15 is 0 Å². The first-order valence-electron chi connectivity index (χ1n) is 6.98. The molecular formula is C15H26O. The smallest absolute Gasteiger partial charge is 0.122 e. The van der Waals surface area contributed by atoms with Crippen LogP contribution in [0, 0.1) is 29.1 Å². The van der Waals surface area contributed by atoms with Crippen LogP contribution in [0.15, 0.2) is 0 Å². The molecule has 0 saturated heterocycles. The molecule has 0 heterocycles. The van der Waals surface area contributed by atoms with Crippen molar-refractivity contribution >= 4 is 6.29 Å². The maximum atomic E-state index is 10.7. The van der Waals surface area contributed by atoms with Crippen molar-refractivity contribution in [1.82, 2.24) is 0 Å². The third-order valence-corrected chi connectivity index (χ3v) is 5.19. The lowest BCUT2D eigenvalue weighted by Crippen LogP contribution is -2.29. The summed E-state index contributed by atoms with van der Waals surface area (Å²) in [6.07, 6.45) is 9.28. The maximum absolute atomic E-state index is 10.7. The van der Waals surface area contributed by atoms with Crippen LogP contribution >= 0.6 is 0 Å².